The molecule has 0 unspecified atom stereocenters. The Hall–Kier alpha value is -3.46. The highest BCUT2D eigenvalue weighted by Crippen LogP contribution is 2.21. The molecule has 146 valence electrons. The summed E-state index contributed by atoms with van der Waals surface area (Å²) in [7, 11) is 0. The van der Waals surface area contributed by atoms with E-state index in [2.05, 4.69) is 36.8 Å². The molecule has 1 saturated heterocycles. The summed E-state index contributed by atoms with van der Waals surface area (Å²) >= 11 is 3.39. The molecule has 1 fully saturated rings. The van der Waals surface area contributed by atoms with Gasteiger partial charge < -0.3 is 10.6 Å². The molecule has 0 saturated carbocycles. The highest BCUT2D eigenvalue weighted by atomic mass is 79.9. The summed E-state index contributed by atoms with van der Waals surface area (Å²) in [5.41, 5.74) is 3.16. The molecular weight excluding hydrogens is 438 g/mol. The molecule has 8 nitrogen and oxygen atoms in total. The molecule has 0 aliphatic carbocycles. The molecule has 0 radical (unpaired) electrons. The highest BCUT2D eigenvalue weighted by Gasteiger charge is 2.28. The second kappa shape index (κ2) is 7.88. The molecule has 2 heterocycles. The van der Waals surface area contributed by atoms with Crippen molar-refractivity contribution in [1.82, 2.24) is 20.4 Å². The van der Waals surface area contributed by atoms with Crippen LogP contribution in [-0.2, 0) is 11.3 Å². The number of rotatable bonds is 5. The maximum Gasteiger partial charge on any atom is 0.324 e. The summed E-state index contributed by atoms with van der Waals surface area (Å²) in [6.07, 6.45) is 0. The van der Waals surface area contributed by atoms with Crippen LogP contribution in [0.25, 0.3) is 11.3 Å². The Bertz CT molecular complexity index is 1080. The summed E-state index contributed by atoms with van der Waals surface area (Å²) < 4.78 is 0.961. The van der Waals surface area contributed by atoms with Crippen LogP contribution in [-0.4, -0.2) is 39.5 Å². The Labute approximate surface area is 174 Å². The first-order valence-electron chi connectivity index (χ1n) is 8.79. The van der Waals surface area contributed by atoms with E-state index in [-0.39, 0.29) is 24.9 Å². The third-order valence-corrected chi connectivity index (χ3v) is 4.95. The van der Waals surface area contributed by atoms with Gasteiger partial charge in [0.25, 0.3) is 5.91 Å². The first kappa shape index (κ1) is 18.9. The molecule has 1 aromatic heterocycles. The van der Waals surface area contributed by atoms with E-state index in [9.17, 15) is 14.4 Å². The fourth-order valence-corrected chi connectivity index (χ4v) is 3.21. The number of hydrogen-bond donors (Lipinski definition) is 3. The van der Waals surface area contributed by atoms with Gasteiger partial charge in [-0.2, -0.15) is 5.10 Å². The van der Waals surface area contributed by atoms with Gasteiger partial charge in [-0.1, -0.05) is 40.2 Å². The van der Waals surface area contributed by atoms with Gasteiger partial charge in [0.1, 0.15) is 5.69 Å². The Morgan fingerprint density at radius 2 is 1.93 bits per heavy atom. The third kappa shape index (κ3) is 4.19. The molecule has 3 aromatic rings. The Morgan fingerprint density at radius 1 is 1.14 bits per heavy atom. The van der Waals surface area contributed by atoms with Gasteiger partial charge >= 0.3 is 6.03 Å². The molecule has 0 spiro atoms. The van der Waals surface area contributed by atoms with Gasteiger partial charge in [-0.15, -0.1) is 0 Å². The molecule has 1 aliphatic heterocycles. The largest absolute Gasteiger partial charge is 0.329 e. The summed E-state index contributed by atoms with van der Waals surface area (Å²) in [5, 5.41) is 12.2. The van der Waals surface area contributed by atoms with Crippen molar-refractivity contribution in [3.63, 3.8) is 0 Å². The van der Waals surface area contributed by atoms with E-state index >= 15 is 0 Å². The number of hydrogen-bond acceptors (Lipinski definition) is 4. The van der Waals surface area contributed by atoms with Gasteiger partial charge in [-0.05, 0) is 35.9 Å². The number of anilines is 1. The first-order valence-corrected chi connectivity index (χ1v) is 9.59. The second-order valence-electron chi connectivity index (χ2n) is 6.47. The number of imide groups is 1. The van der Waals surface area contributed by atoms with Crippen LogP contribution in [0.15, 0.2) is 59.1 Å². The van der Waals surface area contributed by atoms with Gasteiger partial charge in [-0.3, -0.25) is 19.6 Å². The van der Waals surface area contributed by atoms with Gasteiger partial charge in [-0.25, -0.2) is 4.79 Å². The van der Waals surface area contributed by atoms with Crippen LogP contribution in [0.4, 0.5) is 10.5 Å². The zero-order valence-electron chi connectivity index (χ0n) is 15.1. The lowest BCUT2D eigenvalue weighted by molar-refractivity contribution is -0.125. The quantitative estimate of drug-likeness (QED) is 0.515. The number of H-pyrrole nitrogens is 1. The van der Waals surface area contributed by atoms with Crippen LogP contribution >= 0.6 is 15.9 Å². The molecular formula is C20H16BrN5O3. The zero-order chi connectivity index (χ0) is 20.4. The minimum Gasteiger partial charge on any atom is -0.329 e. The van der Waals surface area contributed by atoms with E-state index in [0.29, 0.717) is 17.1 Å². The van der Waals surface area contributed by atoms with E-state index in [1.54, 1.807) is 30.3 Å². The fourth-order valence-electron chi connectivity index (χ4n) is 2.95. The average Bonchev–Trinajstić information content (AvgIpc) is 3.32. The zero-order valence-corrected chi connectivity index (χ0v) is 16.7. The van der Waals surface area contributed by atoms with Crippen molar-refractivity contribution in [3.8, 4) is 11.3 Å². The van der Waals surface area contributed by atoms with Gasteiger partial charge in [0, 0.05) is 15.7 Å². The first-order chi connectivity index (χ1) is 14.0. The Morgan fingerprint density at radius 3 is 2.66 bits per heavy atom. The number of aromatic nitrogens is 2. The number of benzene rings is 2. The molecule has 9 heteroatoms. The van der Waals surface area contributed by atoms with Crippen molar-refractivity contribution in [1.29, 1.82) is 0 Å². The van der Waals surface area contributed by atoms with Crippen molar-refractivity contribution in [3.05, 3.63) is 70.3 Å². The lowest BCUT2D eigenvalue weighted by atomic mass is 10.1. The predicted octanol–water partition coefficient (Wildman–Crippen LogP) is 3.14. The van der Waals surface area contributed by atoms with Crippen molar-refractivity contribution < 1.29 is 14.4 Å². The van der Waals surface area contributed by atoms with Crippen LogP contribution in [0, 0.1) is 0 Å². The molecule has 2 aromatic carbocycles. The minimum absolute atomic E-state index is 0.00971. The van der Waals surface area contributed by atoms with E-state index in [1.165, 1.54) is 0 Å². The van der Waals surface area contributed by atoms with Crippen molar-refractivity contribution in [2.45, 2.75) is 6.54 Å². The molecule has 0 bridgehead atoms. The number of nitrogens with zero attached hydrogens (tertiary/aromatic N) is 2. The van der Waals surface area contributed by atoms with Crippen LogP contribution in [0.5, 0.6) is 0 Å². The molecule has 4 amide bonds. The molecule has 4 rings (SSSR count). The van der Waals surface area contributed by atoms with Gasteiger partial charge in [0.2, 0.25) is 5.91 Å². The summed E-state index contributed by atoms with van der Waals surface area (Å²) in [5.74, 6) is -0.615. The van der Waals surface area contributed by atoms with E-state index in [4.69, 9.17) is 0 Å². The normalized spacial score (nSPS) is 13.5. The smallest absolute Gasteiger partial charge is 0.324 e. The lowest BCUT2D eigenvalue weighted by Crippen LogP contribution is -2.30. The van der Waals surface area contributed by atoms with E-state index in [0.717, 1.165) is 20.5 Å². The number of carbonyl (C=O) groups is 3. The highest BCUT2D eigenvalue weighted by molar-refractivity contribution is 9.10. The number of nitrogens with one attached hydrogen (secondary N) is 3. The molecule has 1 aliphatic rings. The summed E-state index contributed by atoms with van der Waals surface area (Å²) in [6, 6.07) is 15.9. The van der Waals surface area contributed by atoms with Crippen molar-refractivity contribution in [2.75, 3.05) is 11.9 Å². The molecule has 29 heavy (non-hydrogen) atoms. The number of carbonyl (C=O) groups excluding carboxylic acids is 3. The Kier molecular flexibility index (Phi) is 5.13. The summed E-state index contributed by atoms with van der Waals surface area (Å²) in [4.78, 5) is 37.1. The SMILES string of the molecule is O=C(Nc1cccc(CN2C(=O)CNC2=O)c1)c1cc(-c2ccc(Br)cc2)n[nH]1. The minimum atomic E-state index is -0.414. The number of urea groups is 1. The maximum atomic E-state index is 12.6. The fraction of sp³-hybridized carbons (Fsp3) is 0.100. The maximum absolute atomic E-state index is 12.6. The summed E-state index contributed by atoms with van der Waals surface area (Å²) in [6.45, 7) is 0.155. The number of aromatic amines is 1. The van der Waals surface area contributed by atoms with Crippen LogP contribution in [0.1, 0.15) is 16.1 Å². The lowest BCUT2D eigenvalue weighted by Gasteiger charge is -2.13. The topological polar surface area (TPSA) is 107 Å². The monoisotopic (exact) mass is 453 g/mol. The third-order valence-electron chi connectivity index (χ3n) is 4.43. The van der Waals surface area contributed by atoms with Gasteiger partial charge in [0.15, 0.2) is 0 Å². The molecule has 0 atom stereocenters. The van der Waals surface area contributed by atoms with Crippen LogP contribution in [0.2, 0.25) is 0 Å². The predicted molar refractivity (Wildman–Crippen MR) is 110 cm³/mol. The van der Waals surface area contributed by atoms with Crippen LogP contribution in [0.3, 0.4) is 0 Å². The van der Waals surface area contributed by atoms with Crippen molar-refractivity contribution >= 4 is 39.5 Å². The average molecular weight is 454 g/mol. The van der Waals surface area contributed by atoms with Crippen LogP contribution < -0.4 is 10.6 Å². The standard InChI is InChI=1S/C20H16BrN5O3/c21-14-6-4-13(5-7-14)16-9-17(25-24-16)19(28)23-15-3-1-2-12(8-15)11-26-18(27)10-22-20(26)29/h1-9H,10-11H2,(H,22,29)(H,23,28)(H,24,25). The molecule has 3 N–H and O–H groups in total. The Balaban J connectivity index is 1.45. The number of halogens is 1. The van der Waals surface area contributed by atoms with E-state index in [1.807, 2.05) is 24.3 Å². The van der Waals surface area contributed by atoms with Crippen molar-refractivity contribution in [2.24, 2.45) is 0 Å². The second-order valence-corrected chi connectivity index (χ2v) is 7.38. The number of amides is 4. The van der Waals surface area contributed by atoms with E-state index < -0.39 is 6.03 Å². The van der Waals surface area contributed by atoms with Gasteiger partial charge in [0.05, 0.1) is 18.8 Å².